The largest absolute Gasteiger partial charge is 0.465 e. The number of amides is 1. The molecule has 1 N–H and O–H groups in total. The third-order valence-corrected chi connectivity index (χ3v) is 5.65. The third-order valence-electron chi connectivity index (χ3n) is 4.44. The lowest BCUT2D eigenvalue weighted by Gasteiger charge is -2.11. The minimum atomic E-state index is -4.45. The number of alkyl halides is 3. The van der Waals surface area contributed by atoms with E-state index in [1.54, 1.807) is 0 Å². The Morgan fingerprint density at radius 3 is 2.68 bits per heavy atom. The van der Waals surface area contributed by atoms with Crippen LogP contribution in [-0.4, -0.2) is 19.0 Å². The predicted molar refractivity (Wildman–Crippen MR) is 101 cm³/mol. The Hall–Kier alpha value is -2.61. The molecule has 1 aliphatic rings. The van der Waals surface area contributed by atoms with Gasteiger partial charge in [0.25, 0.3) is 0 Å². The van der Waals surface area contributed by atoms with Crippen molar-refractivity contribution in [3.63, 3.8) is 0 Å². The average Bonchev–Trinajstić information content (AvgIpc) is 3.03. The smallest absolute Gasteiger partial charge is 0.416 e. The van der Waals surface area contributed by atoms with E-state index in [0.29, 0.717) is 10.6 Å². The number of nitrogens with one attached hydrogen (secondary N) is 1. The highest BCUT2D eigenvalue weighted by Gasteiger charge is 2.30. The fourth-order valence-corrected chi connectivity index (χ4v) is 4.40. The van der Waals surface area contributed by atoms with Crippen LogP contribution < -0.4 is 5.32 Å². The molecule has 2 aromatic rings. The van der Waals surface area contributed by atoms with Gasteiger partial charge < -0.3 is 10.1 Å². The van der Waals surface area contributed by atoms with Crippen molar-refractivity contribution in [3.05, 3.63) is 57.5 Å². The van der Waals surface area contributed by atoms with Crippen LogP contribution in [0.5, 0.6) is 0 Å². The van der Waals surface area contributed by atoms with Gasteiger partial charge in [-0.2, -0.15) is 13.2 Å². The minimum absolute atomic E-state index is 0.253. The molecule has 1 aromatic heterocycles. The molecule has 4 nitrogen and oxygen atoms in total. The van der Waals surface area contributed by atoms with E-state index < -0.39 is 23.6 Å². The molecule has 1 amide bonds. The predicted octanol–water partition coefficient (Wildman–Crippen LogP) is 5.08. The molecule has 0 unspecified atom stereocenters. The van der Waals surface area contributed by atoms with Gasteiger partial charge in [-0.15, -0.1) is 11.3 Å². The van der Waals surface area contributed by atoms with E-state index >= 15 is 0 Å². The Morgan fingerprint density at radius 2 is 1.96 bits per heavy atom. The van der Waals surface area contributed by atoms with E-state index in [1.807, 2.05) is 0 Å². The number of aryl methyl sites for hydroxylation is 1. The number of fused-ring (bicyclic) bond motifs is 1. The lowest BCUT2D eigenvalue weighted by Crippen LogP contribution is -2.13. The number of benzene rings is 1. The number of rotatable bonds is 4. The van der Waals surface area contributed by atoms with Crippen LogP contribution in [0.2, 0.25) is 0 Å². The SMILES string of the molecule is COC(=O)c1c(NC(=O)/C=C/c2cccc(C(F)(F)F)c2)sc2c1CCCC2. The maximum Gasteiger partial charge on any atom is 0.416 e. The molecule has 8 heteroatoms. The Bertz CT molecular complexity index is 931. The van der Waals surface area contributed by atoms with Crippen LogP contribution >= 0.6 is 11.3 Å². The highest BCUT2D eigenvalue weighted by Crippen LogP contribution is 2.38. The average molecular weight is 409 g/mol. The first kappa shape index (κ1) is 20.1. The van der Waals surface area contributed by atoms with Gasteiger partial charge in [0.2, 0.25) is 5.91 Å². The summed E-state index contributed by atoms with van der Waals surface area (Å²) in [5, 5.41) is 3.08. The molecule has 0 aliphatic heterocycles. The normalized spacial score (nSPS) is 14.0. The van der Waals surface area contributed by atoms with Gasteiger partial charge in [-0.25, -0.2) is 4.79 Å². The van der Waals surface area contributed by atoms with Crippen LogP contribution in [-0.2, 0) is 28.5 Å². The lowest BCUT2D eigenvalue weighted by molar-refractivity contribution is -0.137. The number of methoxy groups -OCH3 is 1. The van der Waals surface area contributed by atoms with Gasteiger partial charge in [0.05, 0.1) is 18.2 Å². The zero-order chi connectivity index (χ0) is 20.3. The summed E-state index contributed by atoms with van der Waals surface area (Å²) in [7, 11) is 1.29. The molecule has 0 fully saturated rings. The Labute approximate surface area is 164 Å². The van der Waals surface area contributed by atoms with Gasteiger partial charge in [0.15, 0.2) is 0 Å². The van der Waals surface area contributed by atoms with E-state index in [-0.39, 0.29) is 5.56 Å². The first-order valence-electron chi connectivity index (χ1n) is 8.68. The molecule has 0 saturated heterocycles. The second kappa shape index (κ2) is 8.18. The van der Waals surface area contributed by atoms with Crippen molar-refractivity contribution in [2.24, 2.45) is 0 Å². The molecule has 28 heavy (non-hydrogen) atoms. The van der Waals surface area contributed by atoms with Crippen molar-refractivity contribution < 1.29 is 27.5 Å². The van der Waals surface area contributed by atoms with Gasteiger partial charge in [-0.3, -0.25) is 4.79 Å². The van der Waals surface area contributed by atoms with Crippen molar-refractivity contribution in [1.29, 1.82) is 0 Å². The van der Waals surface area contributed by atoms with Crippen molar-refractivity contribution in [2.45, 2.75) is 31.9 Å². The Balaban J connectivity index is 1.79. The summed E-state index contributed by atoms with van der Waals surface area (Å²) in [6, 6.07) is 4.69. The minimum Gasteiger partial charge on any atom is -0.465 e. The summed E-state index contributed by atoms with van der Waals surface area (Å²) < 4.78 is 43.2. The maximum atomic E-state index is 12.8. The standard InChI is InChI=1S/C20H18F3NO3S/c1-27-19(26)17-14-7-2-3-8-15(14)28-18(17)24-16(25)10-9-12-5-4-6-13(11-12)20(21,22)23/h4-6,9-11H,2-3,7-8H2,1H3,(H,24,25)/b10-9+. The number of halogens is 3. The monoisotopic (exact) mass is 409 g/mol. The first-order chi connectivity index (χ1) is 13.3. The van der Waals surface area contributed by atoms with Crippen LogP contribution in [0.3, 0.4) is 0 Å². The highest BCUT2D eigenvalue weighted by atomic mass is 32.1. The first-order valence-corrected chi connectivity index (χ1v) is 9.50. The van der Waals surface area contributed by atoms with Crippen LogP contribution in [0.1, 0.15) is 44.8 Å². The molecule has 0 atom stereocenters. The second-order valence-corrected chi connectivity index (χ2v) is 7.46. The molecule has 0 saturated carbocycles. The number of esters is 1. The van der Waals surface area contributed by atoms with E-state index in [0.717, 1.165) is 54.3 Å². The molecule has 1 heterocycles. The molecule has 1 aliphatic carbocycles. The quantitative estimate of drug-likeness (QED) is 0.566. The van der Waals surface area contributed by atoms with Gasteiger partial charge >= 0.3 is 12.1 Å². The molecule has 0 bridgehead atoms. The summed E-state index contributed by atoms with van der Waals surface area (Å²) in [6.07, 6.45) is 1.60. The van der Waals surface area contributed by atoms with Gasteiger partial charge in [0.1, 0.15) is 5.00 Å². The summed E-state index contributed by atoms with van der Waals surface area (Å²) >= 11 is 1.35. The summed E-state index contributed by atoms with van der Waals surface area (Å²) in [6.45, 7) is 0. The van der Waals surface area contributed by atoms with Crippen molar-refractivity contribution in [3.8, 4) is 0 Å². The van der Waals surface area contributed by atoms with Gasteiger partial charge in [-0.1, -0.05) is 12.1 Å². The topological polar surface area (TPSA) is 55.4 Å². The zero-order valence-electron chi connectivity index (χ0n) is 15.1. The molecular weight excluding hydrogens is 391 g/mol. The number of hydrogen-bond donors (Lipinski definition) is 1. The van der Waals surface area contributed by atoms with Crippen LogP contribution in [0.25, 0.3) is 6.08 Å². The fourth-order valence-electron chi connectivity index (χ4n) is 3.12. The number of ether oxygens (including phenoxy) is 1. The molecule has 1 aromatic carbocycles. The van der Waals surface area contributed by atoms with Crippen LogP contribution in [0.15, 0.2) is 30.3 Å². The number of carbonyl (C=O) groups excluding carboxylic acids is 2. The molecule has 0 spiro atoms. The molecule has 148 valence electrons. The van der Waals surface area contributed by atoms with Crippen molar-refractivity contribution >= 4 is 34.3 Å². The van der Waals surface area contributed by atoms with E-state index in [2.05, 4.69) is 5.32 Å². The molecule has 0 radical (unpaired) electrons. The molecule has 3 rings (SSSR count). The lowest BCUT2D eigenvalue weighted by atomic mass is 9.95. The van der Waals surface area contributed by atoms with Gasteiger partial charge in [0, 0.05) is 11.0 Å². The van der Waals surface area contributed by atoms with Gasteiger partial charge in [-0.05, 0) is 55.0 Å². The van der Waals surface area contributed by atoms with Crippen molar-refractivity contribution in [2.75, 3.05) is 12.4 Å². The molecular formula is C20H18F3NO3S. The number of carbonyl (C=O) groups is 2. The van der Waals surface area contributed by atoms with Crippen LogP contribution in [0, 0.1) is 0 Å². The number of anilines is 1. The highest BCUT2D eigenvalue weighted by molar-refractivity contribution is 7.17. The van der Waals surface area contributed by atoms with E-state index in [1.165, 1.54) is 36.7 Å². The van der Waals surface area contributed by atoms with Crippen molar-refractivity contribution in [1.82, 2.24) is 0 Å². The number of hydrogen-bond acceptors (Lipinski definition) is 4. The summed E-state index contributed by atoms with van der Waals surface area (Å²) in [5.41, 5.74) is 0.765. The maximum absolute atomic E-state index is 12.8. The van der Waals surface area contributed by atoms with Crippen LogP contribution in [0.4, 0.5) is 18.2 Å². The zero-order valence-corrected chi connectivity index (χ0v) is 15.9. The number of thiophene rings is 1. The Kier molecular flexibility index (Phi) is 5.88. The third kappa shape index (κ3) is 4.44. The Morgan fingerprint density at radius 1 is 1.21 bits per heavy atom. The second-order valence-electron chi connectivity index (χ2n) is 6.35. The summed E-state index contributed by atoms with van der Waals surface area (Å²) in [5.74, 6) is -1.03. The van der Waals surface area contributed by atoms with E-state index in [9.17, 15) is 22.8 Å². The van der Waals surface area contributed by atoms with E-state index in [4.69, 9.17) is 4.74 Å². The fraction of sp³-hybridized carbons (Fsp3) is 0.300. The summed E-state index contributed by atoms with van der Waals surface area (Å²) in [4.78, 5) is 25.5.